The highest BCUT2D eigenvalue weighted by atomic mass is 19.1. The van der Waals surface area contributed by atoms with Gasteiger partial charge in [0.05, 0.1) is 36.2 Å². The minimum Gasteiger partial charge on any atom is -0.354 e. The van der Waals surface area contributed by atoms with Gasteiger partial charge in [0.2, 0.25) is 0 Å². The largest absolute Gasteiger partial charge is 0.354 e. The number of carbonyl (C=O) groups is 1. The molecule has 0 bridgehead atoms. The summed E-state index contributed by atoms with van der Waals surface area (Å²) < 4.78 is 15.1. The molecule has 0 unspecified atom stereocenters. The topological polar surface area (TPSA) is 63.1 Å². The van der Waals surface area contributed by atoms with Crippen molar-refractivity contribution in [2.24, 2.45) is 0 Å². The Balaban J connectivity index is 1.57. The third kappa shape index (κ3) is 2.22. The van der Waals surface area contributed by atoms with Crippen LogP contribution < -0.4 is 10.2 Å². The first kappa shape index (κ1) is 13.2. The van der Waals surface area contributed by atoms with Crippen LogP contribution in [0.5, 0.6) is 0 Å². The average molecular weight is 301 g/mol. The molecule has 1 amide bonds. The highest BCUT2D eigenvalue weighted by molar-refractivity contribution is 5.97. The lowest BCUT2D eigenvalue weighted by Gasteiger charge is -2.29. The van der Waals surface area contributed by atoms with Gasteiger partial charge in [0.1, 0.15) is 12.0 Å². The van der Waals surface area contributed by atoms with Crippen LogP contribution in [0.3, 0.4) is 0 Å². The minimum atomic E-state index is -0.775. The molecule has 4 rings (SSSR count). The smallest absolute Gasteiger partial charge is 0.255 e. The van der Waals surface area contributed by atoms with Crippen molar-refractivity contribution < 1.29 is 9.18 Å². The van der Waals surface area contributed by atoms with E-state index < -0.39 is 6.17 Å². The summed E-state index contributed by atoms with van der Waals surface area (Å²) in [6.07, 6.45) is 4.13. The second-order valence-corrected chi connectivity index (χ2v) is 5.68. The first-order valence-corrected chi connectivity index (χ1v) is 7.43. The molecule has 0 aliphatic carbocycles. The van der Waals surface area contributed by atoms with Crippen molar-refractivity contribution >= 4 is 11.7 Å². The van der Waals surface area contributed by atoms with Crippen molar-refractivity contribution in [3.8, 4) is 5.69 Å². The predicted octanol–water partition coefficient (Wildman–Crippen LogP) is 1.45. The van der Waals surface area contributed by atoms with Gasteiger partial charge in [-0.25, -0.2) is 14.1 Å². The second-order valence-electron chi connectivity index (χ2n) is 5.68. The molecular weight excluding hydrogens is 285 g/mol. The fourth-order valence-electron chi connectivity index (χ4n) is 2.96. The number of alkyl halides is 1. The van der Waals surface area contributed by atoms with Crippen LogP contribution in [0.4, 0.5) is 10.2 Å². The van der Waals surface area contributed by atoms with Gasteiger partial charge < -0.3 is 10.2 Å². The number of amides is 1. The number of carbonyl (C=O) groups excluding carboxylic acids is 1. The Morgan fingerprint density at radius 1 is 1.36 bits per heavy atom. The third-order valence-corrected chi connectivity index (χ3v) is 4.14. The maximum atomic E-state index is 13.5. The molecule has 2 aromatic rings. The number of nitrogens with one attached hydrogen (secondary N) is 1. The van der Waals surface area contributed by atoms with Gasteiger partial charge in [0, 0.05) is 12.7 Å². The molecule has 22 heavy (non-hydrogen) atoms. The van der Waals surface area contributed by atoms with Crippen LogP contribution in [0.1, 0.15) is 28.9 Å². The summed E-state index contributed by atoms with van der Waals surface area (Å²) in [5.74, 6) is 0.691. The zero-order valence-corrected chi connectivity index (χ0v) is 12.0. The molecule has 7 heteroatoms. The second kappa shape index (κ2) is 5.08. The first-order chi connectivity index (χ1) is 10.7. The van der Waals surface area contributed by atoms with E-state index in [1.165, 1.54) is 0 Å². The number of piperidine rings is 1. The molecule has 4 heterocycles. The maximum Gasteiger partial charge on any atom is 0.255 e. The number of aromatic nitrogens is 3. The monoisotopic (exact) mass is 301 g/mol. The number of hydrogen-bond donors (Lipinski definition) is 1. The molecule has 0 radical (unpaired) electrons. The SMILES string of the molecule is O=C1NCc2nn(-c3ccc(N4CCC[C@@H](F)C4)nc3)cc21. The molecular formula is C15H16FN5O. The van der Waals surface area contributed by atoms with Crippen molar-refractivity contribution in [2.75, 3.05) is 18.0 Å². The van der Waals surface area contributed by atoms with Gasteiger partial charge in [-0.2, -0.15) is 5.10 Å². The average Bonchev–Trinajstić information content (AvgIpc) is 3.10. The molecule has 1 fully saturated rings. The fraction of sp³-hybridized carbons (Fsp3) is 0.400. The van der Waals surface area contributed by atoms with Gasteiger partial charge in [-0.05, 0) is 25.0 Å². The van der Waals surface area contributed by atoms with Crippen molar-refractivity contribution in [1.82, 2.24) is 20.1 Å². The van der Waals surface area contributed by atoms with E-state index in [2.05, 4.69) is 15.4 Å². The summed E-state index contributed by atoms with van der Waals surface area (Å²) in [5.41, 5.74) is 2.16. The van der Waals surface area contributed by atoms with Crippen LogP contribution in [0.15, 0.2) is 24.5 Å². The van der Waals surface area contributed by atoms with E-state index in [1.54, 1.807) is 17.1 Å². The molecule has 2 aliphatic heterocycles. The quantitative estimate of drug-likeness (QED) is 0.912. The van der Waals surface area contributed by atoms with Crippen molar-refractivity contribution in [2.45, 2.75) is 25.6 Å². The van der Waals surface area contributed by atoms with Gasteiger partial charge in [-0.15, -0.1) is 0 Å². The molecule has 1 atom stereocenters. The normalized spacial score (nSPS) is 20.9. The summed E-state index contributed by atoms with van der Waals surface area (Å²) in [6.45, 7) is 1.71. The molecule has 6 nitrogen and oxygen atoms in total. The Bertz CT molecular complexity index is 711. The fourth-order valence-corrected chi connectivity index (χ4v) is 2.96. The Labute approximate surface area is 126 Å². The maximum absolute atomic E-state index is 13.5. The van der Waals surface area contributed by atoms with Crippen LogP contribution in [-0.2, 0) is 6.54 Å². The molecule has 1 N–H and O–H groups in total. The predicted molar refractivity (Wildman–Crippen MR) is 78.9 cm³/mol. The summed E-state index contributed by atoms with van der Waals surface area (Å²) in [6, 6.07) is 3.77. The van der Waals surface area contributed by atoms with E-state index in [1.807, 2.05) is 17.0 Å². The van der Waals surface area contributed by atoms with Crippen LogP contribution in [0.2, 0.25) is 0 Å². The van der Waals surface area contributed by atoms with E-state index in [0.29, 0.717) is 25.1 Å². The summed E-state index contributed by atoms with van der Waals surface area (Å²) >= 11 is 0. The lowest BCUT2D eigenvalue weighted by atomic mass is 10.1. The van der Waals surface area contributed by atoms with E-state index in [4.69, 9.17) is 0 Å². The van der Waals surface area contributed by atoms with Gasteiger partial charge in [0.25, 0.3) is 5.91 Å². The zero-order valence-electron chi connectivity index (χ0n) is 12.0. The van der Waals surface area contributed by atoms with Crippen LogP contribution in [0, 0.1) is 0 Å². The number of pyridine rings is 1. The molecule has 2 aliphatic rings. The number of halogens is 1. The van der Waals surface area contributed by atoms with Gasteiger partial charge in [0.15, 0.2) is 0 Å². The van der Waals surface area contributed by atoms with Crippen molar-refractivity contribution in [3.63, 3.8) is 0 Å². The lowest BCUT2D eigenvalue weighted by Crippen LogP contribution is -2.36. The number of nitrogens with zero attached hydrogens (tertiary/aromatic N) is 4. The molecule has 0 saturated carbocycles. The number of rotatable bonds is 2. The molecule has 114 valence electrons. The van der Waals surface area contributed by atoms with Crippen LogP contribution >= 0.6 is 0 Å². The number of hydrogen-bond acceptors (Lipinski definition) is 4. The minimum absolute atomic E-state index is 0.0897. The first-order valence-electron chi connectivity index (χ1n) is 7.43. The van der Waals surface area contributed by atoms with E-state index in [0.717, 1.165) is 30.2 Å². The van der Waals surface area contributed by atoms with Gasteiger partial charge in [-0.3, -0.25) is 4.79 Å². The molecule has 0 spiro atoms. The van der Waals surface area contributed by atoms with Crippen molar-refractivity contribution in [1.29, 1.82) is 0 Å². The highest BCUT2D eigenvalue weighted by Crippen LogP contribution is 2.21. The summed E-state index contributed by atoms with van der Waals surface area (Å²) in [4.78, 5) is 18.0. The molecule has 1 saturated heterocycles. The Morgan fingerprint density at radius 2 is 2.27 bits per heavy atom. The number of fused-ring (bicyclic) bond motifs is 1. The van der Waals surface area contributed by atoms with E-state index >= 15 is 0 Å². The zero-order chi connectivity index (χ0) is 15.1. The summed E-state index contributed by atoms with van der Waals surface area (Å²) in [5, 5.41) is 7.11. The van der Waals surface area contributed by atoms with Gasteiger partial charge in [-0.1, -0.05) is 0 Å². The summed E-state index contributed by atoms with van der Waals surface area (Å²) in [7, 11) is 0. The van der Waals surface area contributed by atoms with E-state index in [9.17, 15) is 9.18 Å². The Hall–Kier alpha value is -2.44. The highest BCUT2D eigenvalue weighted by Gasteiger charge is 2.23. The molecule has 0 aromatic carbocycles. The van der Waals surface area contributed by atoms with Gasteiger partial charge >= 0.3 is 0 Å². The number of anilines is 1. The third-order valence-electron chi connectivity index (χ3n) is 4.14. The Morgan fingerprint density at radius 3 is 3.00 bits per heavy atom. The van der Waals surface area contributed by atoms with Crippen LogP contribution in [-0.4, -0.2) is 39.9 Å². The Kier molecular flexibility index (Phi) is 3.06. The van der Waals surface area contributed by atoms with Crippen molar-refractivity contribution in [3.05, 3.63) is 35.8 Å². The lowest BCUT2D eigenvalue weighted by molar-refractivity contribution is 0.0965. The molecule has 2 aromatic heterocycles. The van der Waals surface area contributed by atoms with E-state index in [-0.39, 0.29) is 5.91 Å². The van der Waals surface area contributed by atoms with Crippen LogP contribution in [0.25, 0.3) is 5.69 Å². The standard InChI is InChI=1S/C15H16FN5O/c16-10-2-1-5-20(8-10)14-4-3-11(6-17-14)21-9-12-13(19-21)7-18-15(12)22/h3-4,6,9-10H,1-2,5,7-8H2,(H,18,22)/t10-/m1/s1.